The van der Waals surface area contributed by atoms with Crippen molar-refractivity contribution in [3.8, 4) is 0 Å². The number of nitrogens with one attached hydrogen (secondary N) is 4. The molecule has 5 heteroatoms. The summed E-state index contributed by atoms with van der Waals surface area (Å²) in [4.78, 5) is 0. The summed E-state index contributed by atoms with van der Waals surface area (Å²) in [6.45, 7) is 36.1. The Kier molecular flexibility index (Phi) is 15.4. The van der Waals surface area contributed by atoms with E-state index in [9.17, 15) is 0 Å². The molecule has 0 saturated carbocycles. The first kappa shape index (κ1) is 41.6. The van der Waals surface area contributed by atoms with Crippen molar-refractivity contribution in [1.82, 2.24) is 21.3 Å². The third kappa shape index (κ3) is 18.8. The molecule has 0 amide bonds. The predicted molar refractivity (Wildman–Crippen MR) is 179 cm³/mol. The fourth-order valence-corrected chi connectivity index (χ4v) is 7.25. The first-order valence-corrected chi connectivity index (χ1v) is 16.1. The van der Waals surface area contributed by atoms with Crippen LogP contribution in [0.3, 0.4) is 0 Å². The van der Waals surface area contributed by atoms with Crippen LogP contribution in [-0.4, -0.2) is 44.3 Å². The molecule has 0 unspecified atom stereocenters. The second-order valence-corrected chi connectivity index (χ2v) is 18.4. The summed E-state index contributed by atoms with van der Waals surface area (Å²) in [5.41, 5.74) is 2.46. The van der Waals surface area contributed by atoms with E-state index in [4.69, 9.17) is 0 Å². The van der Waals surface area contributed by atoms with Gasteiger partial charge in [0.2, 0.25) is 0 Å². The maximum Gasteiger partial charge on any atom is 4.00 e. The normalized spacial score (nSPS) is 29.3. The minimum atomic E-state index is 0. The molecular formula is C36H72N4Ti. The van der Waals surface area contributed by atoms with Gasteiger partial charge in [-0.05, 0) is 155 Å². The first-order valence-electron chi connectivity index (χ1n) is 16.1. The smallest absolute Gasteiger partial charge is 0.325 e. The van der Waals surface area contributed by atoms with Crippen LogP contribution in [0.15, 0.2) is 0 Å². The summed E-state index contributed by atoms with van der Waals surface area (Å²) in [6.07, 6.45) is 19.1. The van der Waals surface area contributed by atoms with E-state index < -0.39 is 0 Å². The van der Waals surface area contributed by atoms with Gasteiger partial charge in [0.05, 0.1) is 0 Å². The van der Waals surface area contributed by atoms with Gasteiger partial charge in [-0.15, -0.1) is 0 Å². The summed E-state index contributed by atoms with van der Waals surface area (Å²) in [6, 6.07) is 0. The second-order valence-electron chi connectivity index (χ2n) is 18.4. The minimum absolute atomic E-state index is 0. The van der Waals surface area contributed by atoms with Gasteiger partial charge in [-0.25, -0.2) is 0 Å². The van der Waals surface area contributed by atoms with Crippen LogP contribution >= 0.6 is 0 Å². The van der Waals surface area contributed by atoms with Gasteiger partial charge in [0.1, 0.15) is 0 Å². The van der Waals surface area contributed by atoms with Crippen LogP contribution < -0.4 is 21.3 Å². The molecule has 0 aromatic rings. The van der Waals surface area contributed by atoms with Crippen LogP contribution in [0.2, 0.25) is 0 Å². The number of piperidine rings is 4. The monoisotopic (exact) mass is 609 g/mol. The molecule has 4 aliphatic heterocycles. The Balaban J connectivity index is 0.000000516. The molecule has 0 aliphatic carbocycles. The van der Waals surface area contributed by atoms with E-state index in [0.717, 1.165) is 0 Å². The molecule has 0 atom stereocenters. The average molecular weight is 609 g/mol. The molecule has 4 nitrogen and oxygen atoms in total. The Morgan fingerprint density at radius 2 is 0.366 bits per heavy atom. The van der Waals surface area contributed by atoms with Gasteiger partial charge in [0.15, 0.2) is 0 Å². The molecule has 240 valence electrons. The zero-order valence-corrected chi connectivity index (χ0v) is 32.0. The molecule has 4 heterocycles. The fourth-order valence-electron chi connectivity index (χ4n) is 7.25. The maximum atomic E-state index is 3.60. The number of rotatable bonds is 0. The van der Waals surface area contributed by atoms with Crippen molar-refractivity contribution in [2.75, 3.05) is 0 Å². The summed E-state index contributed by atoms with van der Waals surface area (Å²) in [5.74, 6) is 0. The number of hydrogen-bond acceptors (Lipinski definition) is 4. The molecule has 4 fully saturated rings. The maximum absolute atomic E-state index is 3.60. The molecule has 4 saturated heterocycles. The van der Waals surface area contributed by atoms with Crippen LogP contribution in [-0.2, 0) is 21.7 Å². The van der Waals surface area contributed by atoms with Gasteiger partial charge in [0.25, 0.3) is 0 Å². The van der Waals surface area contributed by atoms with Crippen molar-refractivity contribution in [3.63, 3.8) is 0 Å². The van der Waals surface area contributed by atoms with E-state index in [1.807, 2.05) is 0 Å². The van der Waals surface area contributed by atoms with Crippen LogP contribution in [0.5, 0.6) is 0 Å². The summed E-state index contributed by atoms with van der Waals surface area (Å²) < 4.78 is 0. The van der Waals surface area contributed by atoms with Gasteiger partial charge in [-0.2, -0.15) is 51.4 Å². The van der Waals surface area contributed by atoms with Gasteiger partial charge in [-0.1, -0.05) is 0 Å². The summed E-state index contributed by atoms with van der Waals surface area (Å²) in [7, 11) is 0. The van der Waals surface area contributed by atoms with E-state index in [1.54, 1.807) is 0 Å². The van der Waals surface area contributed by atoms with Gasteiger partial charge in [0, 0.05) is 0 Å². The number of hydrogen-bond donors (Lipinski definition) is 4. The molecule has 4 rings (SSSR count). The van der Waals surface area contributed by atoms with Crippen LogP contribution in [0.25, 0.3) is 0 Å². The van der Waals surface area contributed by atoms with Crippen molar-refractivity contribution >= 4 is 0 Å². The van der Waals surface area contributed by atoms with E-state index >= 15 is 0 Å². The average Bonchev–Trinajstić information content (AvgIpc) is 2.61. The van der Waals surface area contributed by atoms with Crippen molar-refractivity contribution in [1.29, 1.82) is 0 Å². The van der Waals surface area contributed by atoms with Crippen LogP contribution in [0.4, 0.5) is 0 Å². The van der Waals surface area contributed by atoms with Crippen LogP contribution in [0.1, 0.15) is 162 Å². The largest absolute Gasteiger partial charge is 4.00 e. The molecule has 0 spiro atoms. The van der Waals surface area contributed by atoms with Gasteiger partial charge < -0.3 is 47.0 Å². The van der Waals surface area contributed by atoms with E-state index in [1.165, 1.54) is 51.4 Å². The minimum Gasteiger partial charge on any atom is -0.325 e. The molecule has 0 aromatic carbocycles. The molecule has 0 radical (unpaired) electrons. The Hall–Kier alpha value is 0.554. The van der Waals surface area contributed by atoms with Gasteiger partial charge in [-0.3, -0.25) is 0 Å². The van der Waals surface area contributed by atoms with Crippen molar-refractivity contribution < 1.29 is 21.7 Å². The Morgan fingerprint density at radius 3 is 0.415 bits per heavy atom. The summed E-state index contributed by atoms with van der Waals surface area (Å²) in [5, 5.41) is 14.4. The Bertz CT molecular complexity index is 578. The third-order valence-electron chi connectivity index (χ3n) is 7.94. The molecular weight excluding hydrogens is 536 g/mol. The Labute approximate surface area is 274 Å². The van der Waals surface area contributed by atoms with E-state index in [0.29, 0.717) is 44.3 Å². The second kappa shape index (κ2) is 15.2. The first-order chi connectivity index (χ1) is 17.7. The van der Waals surface area contributed by atoms with Crippen molar-refractivity contribution in [2.24, 2.45) is 0 Å². The van der Waals surface area contributed by atoms with Crippen molar-refractivity contribution in [3.05, 3.63) is 25.7 Å². The van der Waals surface area contributed by atoms with E-state index in [2.05, 4.69) is 158 Å². The standard InChI is InChI=1S/4C9H18N.Ti/c4*1-8(2)6-5-7-9(3,4)10-8;/h4*5,10H,6-7H2,1-4H3;/q4*-1;+4. The molecule has 4 aliphatic rings. The summed E-state index contributed by atoms with van der Waals surface area (Å²) >= 11 is 0. The molecule has 0 aromatic heterocycles. The molecule has 41 heavy (non-hydrogen) atoms. The quantitative estimate of drug-likeness (QED) is 0.165. The zero-order valence-electron chi connectivity index (χ0n) is 30.5. The molecule has 0 bridgehead atoms. The zero-order chi connectivity index (χ0) is 31.3. The SMILES string of the molecule is CC1(C)C[CH-]CC(C)(C)N1.CC1(C)C[CH-]CC(C)(C)N1.CC1(C)C[CH-]CC(C)(C)N1.CC1(C)C[CH-]CC(C)(C)N1.[Ti+4]. The van der Waals surface area contributed by atoms with Crippen LogP contribution in [0, 0.1) is 25.7 Å². The van der Waals surface area contributed by atoms with E-state index in [-0.39, 0.29) is 21.7 Å². The van der Waals surface area contributed by atoms with Crippen molar-refractivity contribution in [2.45, 2.75) is 206 Å². The fraction of sp³-hybridized carbons (Fsp3) is 0.889. The predicted octanol–water partition coefficient (Wildman–Crippen LogP) is 8.52. The third-order valence-corrected chi connectivity index (χ3v) is 7.94. The van der Waals surface area contributed by atoms with Gasteiger partial charge >= 0.3 is 21.7 Å². The molecule has 4 N–H and O–H groups in total. The topological polar surface area (TPSA) is 48.1 Å². The Morgan fingerprint density at radius 1 is 0.268 bits per heavy atom.